The van der Waals surface area contributed by atoms with Crippen molar-refractivity contribution < 1.29 is 4.74 Å². The van der Waals surface area contributed by atoms with Gasteiger partial charge in [-0.2, -0.15) is 0 Å². The molecule has 1 atom stereocenters. The summed E-state index contributed by atoms with van der Waals surface area (Å²) in [6.07, 6.45) is 2.23. The van der Waals surface area contributed by atoms with Crippen LogP contribution in [0.1, 0.15) is 38.2 Å². The van der Waals surface area contributed by atoms with Crippen molar-refractivity contribution in [1.29, 1.82) is 0 Å². The lowest BCUT2D eigenvalue weighted by molar-refractivity contribution is 0.0531. The van der Waals surface area contributed by atoms with Crippen molar-refractivity contribution in [3.8, 4) is 0 Å². The highest BCUT2D eigenvalue weighted by atomic mass is 16.5. The van der Waals surface area contributed by atoms with E-state index in [2.05, 4.69) is 36.0 Å². The topological polar surface area (TPSA) is 50.3 Å². The van der Waals surface area contributed by atoms with Crippen LogP contribution >= 0.6 is 0 Å². The van der Waals surface area contributed by atoms with E-state index in [1.807, 2.05) is 13.2 Å². The smallest absolute Gasteiger partial charge is 0.131 e. The molecule has 1 fully saturated rings. The predicted octanol–water partition coefficient (Wildman–Crippen LogP) is 1.54. The second-order valence-electron chi connectivity index (χ2n) is 5.37. The Hall–Kier alpha value is -1.20. The molecule has 1 aromatic rings. The Morgan fingerprint density at radius 1 is 1.53 bits per heavy atom. The SMILES string of the molecule is CNCc1nc(C(C)C)ncc1N1CCOC(C)C1. The first-order valence-corrected chi connectivity index (χ1v) is 6.98. The first-order chi connectivity index (χ1) is 9.11. The number of hydrogen-bond acceptors (Lipinski definition) is 5. The average molecular weight is 264 g/mol. The standard InChI is InChI=1S/C14H24N4O/c1-10(2)14-16-8-13(12(17-14)7-15-4)18-5-6-19-11(3)9-18/h8,10-11,15H,5-7,9H2,1-4H3. The second-order valence-corrected chi connectivity index (χ2v) is 5.37. The minimum absolute atomic E-state index is 0.265. The van der Waals surface area contributed by atoms with Gasteiger partial charge in [0, 0.05) is 25.6 Å². The molecule has 1 aromatic heterocycles. The molecule has 106 valence electrons. The van der Waals surface area contributed by atoms with Crippen LogP contribution in [-0.4, -0.2) is 42.8 Å². The lowest BCUT2D eigenvalue weighted by Crippen LogP contribution is -2.42. The molecular weight excluding hydrogens is 240 g/mol. The van der Waals surface area contributed by atoms with E-state index in [0.717, 1.165) is 43.4 Å². The Kier molecular flexibility index (Phi) is 4.71. The summed E-state index contributed by atoms with van der Waals surface area (Å²) in [7, 11) is 1.95. The van der Waals surface area contributed by atoms with Gasteiger partial charge in [0.2, 0.25) is 0 Å². The minimum Gasteiger partial charge on any atom is -0.375 e. The van der Waals surface area contributed by atoms with Gasteiger partial charge in [0.05, 0.1) is 30.3 Å². The summed E-state index contributed by atoms with van der Waals surface area (Å²) in [6.45, 7) is 9.69. The van der Waals surface area contributed by atoms with Gasteiger partial charge in [0.25, 0.3) is 0 Å². The molecule has 0 spiro atoms. The van der Waals surface area contributed by atoms with Crippen molar-refractivity contribution in [2.24, 2.45) is 0 Å². The van der Waals surface area contributed by atoms with Crippen LogP contribution in [0.2, 0.25) is 0 Å². The van der Waals surface area contributed by atoms with Gasteiger partial charge in [-0.1, -0.05) is 13.8 Å². The molecule has 1 unspecified atom stereocenters. The van der Waals surface area contributed by atoms with Crippen LogP contribution in [-0.2, 0) is 11.3 Å². The van der Waals surface area contributed by atoms with Gasteiger partial charge in [-0.3, -0.25) is 0 Å². The number of hydrogen-bond donors (Lipinski definition) is 1. The van der Waals surface area contributed by atoms with E-state index in [4.69, 9.17) is 9.72 Å². The first-order valence-electron chi connectivity index (χ1n) is 6.98. The maximum Gasteiger partial charge on any atom is 0.131 e. The number of ether oxygens (including phenoxy) is 1. The third-order valence-corrected chi connectivity index (χ3v) is 3.31. The Bertz CT molecular complexity index is 422. The van der Waals surface area contributed by atoms with Crippen molar-refractivity contribution in [2.75, 3.05) is 31.6 Å². The highest BCUT2D eigenvalue weighted by molar-refractivity contribution is 5.49. The monoisotopic (exact) mass is 264 g/mol. The molecule has 5 nitrogen and oxygen atoms in total. The molecule has 1 aliphatic rings. The normalized spacial score (nSPS) is 20.1. The van der Waals surface area contributed by atoms with E-state index in [-0.39, 0.29) is 6.10 Å². The third kappa shape index (κ3) is 3.42. The second kappa shape index (κ2) is 6.30. The molecule has 19 heavy (non-hydrogen) atoms. The Labute approximate surface area is 115 Å². The molecule has 0 bridgehead atoms. The fraction of sp³-hybridized carbons (Fsp3) is 0.714. The molecule has 0 amide bonds. The molecule has 0 aliphatic carbocycles. The van der Waals surface area contributed by atoms with Crippen LogP contribution in [0.4, 0.5) is 5.69 Å². The number of morpholine rings is 1. The minimum atomic E-state index is 0.265. The highest BCUT2D eigenvalue weighted by Crippen LogP contribution is 2.22. The Morgan fingerprint density at radius 2 is 2.32 bits per heavy atom. The van der Waals surface area contributed by atoms with Gasteiger partial charge in [-0.05, 0) is 14.0 Å². The average Bonchev–Trinajstić information content (AvgIpc) is 2.39. The van der Waals surface area contributed by atoms with Gasteiger partial charge in [-0.15, -0.1) is 0 Å². The van der Waals surface area contributed by atoms with E-state index < -0.39 is 0 Å². The van der Waals surface area contributed by atoms with E-state index in [9.17, 15) is 0 Å². The van der Waals surface area contributed by atoms with Gasteiger partial charge < -0.3 is 15.0 Å². The zero-order valence-corrected chi connectivity index (χ0v) is 12.3. The molecule has 1 aliphatic heterocycles. The van der Waals surface area contributed by atoms with Crippen molar-refractivity contribution in [1.82, 2.24) is 15.3 Å². The van der Waals surface area contributed by atoms with Crippen LogP contribution in [0.15, 0.2) is 6.20 Å². The fourth-order valence-electron chi connectivity index (χ4n) is 2.30. The summed E-state index contributed by atoms with van der Waals surface area (Å²) in [5, 5.41) is 3.19. The van der Waals surface area contributed by atoms with Crippen LogP contribution in [0.5, 0.6) is 0 Å². The maximum absolute atomic E-state index is 5.59. The molecule has 1 saturated heterocycles. The zero-order valence-electron chi connectivity index (χ0n) is 12.3. The summed E-state index contributed by atoms with van der Waals surface area (Å²) in [4.78, 5) is 11.5. The fourth-order valence-corrected chi connectivity index (χ4v) is 2.30. The van der Waals surface area contributed by atoms with E-state index in [0.29, 0.717) is 5.92 Å². The van der Waals surface area contributed by atoms with Gasteiger partial charge in [0.1, 0.15) is 5.82 Å². The summed E-state index contributed by atoms with van der Waals surface area (Å²) in [5.41, 5.74) is 2.21. The summed E-state index contributed by atoms with van der Waals surface area (Å²) < 4.78 is 5.59. The Balaban J connectivity index is 2.27. The van der Waals surface area contributed by atoms with Crippen LogP contribution in [0.25, 0.3) is 0 Å². The number of aromatic nitrogens is 2. The van der Waals surface area contributed by atoms with E-state index in [1.165, 1.54) is 0 Å². The summed E-state index contributed by atoms with van der Waals surface area (Å²) in [5.74, 6) is 1.27. The van der Waals surface area contributed by atoms with Crippen LogP contribution < -0.4 is 10.2 Å². The van der Waals surface area contributed by atoms with Crippen molar-refractivity contribution in [2.45, 2.75) is 39.3 Å². The summed E-state index contributed by atoms with van der Waals surface area (Å²) in [6, 6.07) is 0. The third-order valence-electron chi connectivity index (χ3n) is 3.31. The quantitative estimate of drug-likeness (QED) is 0.894. The van der Waals surface area contributed by atoms with E-state index >= 15 is 0 Å². The molecule has 5 heteroatoms. The first kappa shape index (κ1) is 14.2. The Morgan fingerprint density at radius 3 is 2.95 bits per heavy atom. The predicted molar refractivity (Wildman–Crippen MR) is 76.5 cm³/mol. The van der Waals surface area contributed by atoms with Crippen LogP contribution in [0, 0.1) is 0 Å². The number of anilines is 1. The van der Waals surface area contributed by atoms with Crippen molar-refractivity contribution in [3.05, 3.63) is 17.7 Å². The maximum atomic E-state index is 5.59. The molecule has 0 saturated carbocycles. The molecule has 2 rings (SSSR count). The van der Waals surface area contributed by atoms with Gasteiger partial charge in [0.15, 0.2) is 0 Å². The van der Waals surface area contributed by atoms with Crippen LogP contribution in [0.3, 0.4) is 0 Å². The molecule has 1 N–H and O–H groups in total. The van der Waals surface area contributed by atoms with Gasteiger partial charge in [-0.25, -0.2) is 9.97 Å². The number of rotatable bonds is 4. The number of nitrogens with one attached hydrogen (secondary N) is 1. The lowest BCUT2D eigenvalue weighted by atomic mass is 10.2. The molecule has 2 heterocycles. The number of nitrogens with zero attached hydrogens (tertiary/aromatic N) is 3. The van der Waals surface area contributed by atoms with Gasteiger partial charge >= 0.3 is 0 Å². The highest BCUT2D eigenvalue weighted by Gasteiger charge is 2.20. The van der Waals surface area contributed by atoms with E-state index in [1.54, 1.807) is 0 Å². The summed E-state index contributed by atoms with van der Waals surface area (Å²) >= 11 is 0. The van der Waals surface area contributed by atoms with Crippen molar-refractivity contribution in [3.63, 3.8) is 0 Å². The van der Waals surface area contributed by atoms with Crippen molar-refractivity contribution >= 4 is 5.69 Å². The molecular formula is C14H24N4O. The molecule has 0 radical (unpaired) electrons. The zero-order chi connectivity index (χ0) is 13.8. The largest absolute Gasteiger partial charge is 0.375 e. The molecule has 0 aromatic carbocycles. The lowest BCUT2D eigenvalue weighted by Gasteiger charge is -2.33.